The van der Waals surface area contributed by atoms with Crippen molar-refractivity contribution in [3.8, 4) is 5.75 Å². The third kappa shape index (κ3) is 4.48. The van der Waals surface area contributed by atoms with Gasteiger partial charge >= 0.3 is 0 Å². The Labute approximate surface area is 113 Å². The summed E-state index contributed by atoms with van der Waals surface area (Å²) in [5.74, 6) is 0.0811. The number of sulfonamides is 1. The van der Waals surface area contributed by atoms with Gasteiger partial charge in [0.2, 0.25) is 10.0 Å². The topological polar surface area (TPSA) is 91.8 Å². The Balaban J connectivity index is 2.99. The number of rotatable bonds is 5. The summed E-state index contributed by atoms with van der Waals surface area (Å²) >= 11 is 0. The van der Waals surface area contributed by atoms with Crippen LogP contribution in [0.25, 0.3) is 0 Å². The molecule has 0 saturated carbocycles. The standard InChI is InChI=1S/C11H17NO5S2/c1-9(10-4-6-11(13)7-5-10)12(2)19(16,17)8-18(3,14)15/h4-7,9,13H,8H2,1-3H3. The summed E-state index contributed by atoms with van der Waals surface area (Å²) in [5, 5.41) is 8.26. The fourth-order valence-corrected chi connectivity index (χ4v) is 4.99. The van der Waals surface area contributed by atoms with Gasteiger partial charge in [0.05, 0.1) is 0 Å². The van der Waals surface area contributed by atoms with Crippen molar-refractivity contribution in [3.63, 3.8) is 0 Å². The van der Waals surface area contributed by atoms with Gasteiger partial charge in [-0.3, -0.25) is 0 Å². The molecule has 1 aromatic rings. The summed E-state index contributed by atoms with van der Waals surface area (Å²) in [6.45, 7) is 1.65. The fourth-order valence-electron chi connectivity index (χ4n) is 1.56. The van der Waals surface area contributed by atoms with E-state index in [0.29, 0.717) is 5.56 Å². The molecule has 0 spiro atoms. The average Bonchev–Trinajstić information content (AvgIpc) is 2.25. The minimum absolute atomic E-state index is 0.0811. The first kappa shape index (κ1) is 15.9. The maximum atomic E-state index is 11.9. The quantitative estimate of drug-likeness (QED) is 0.865. The van der Waals surface area contributed by atoms with E-state index in [2.05, 4.69) is 0 Å². The molecule has 8 heteroatoms. The molecule has 0 fully saturated rings. The molecule has 0 bridgehead atoms. The highest BCUT2D eigenvalue weighted by Crippen LogP contribution is 2.23. The van der Waals surface area contributed by atoms with E-state index in [9.17, 15) is 21.9 Å². The minimum Gasteiger partial charge on any atom is -0.508 e. The third-order valence-corrected chi connectivity index (χ3v) is 6.82. The molecule has 1 aromatic carbocycles. The van der Waals surface area contributed by atoms with Crippen LogP contribution in [-0.2, 0) is 19.9 Å². The molecular formula is C11H17NO5S2. The Kier molecular flexibility index (Phi) is 4.59. The summed E-state index contributed by atoms with van der Waals surface area (Å²) < 4.78 is 47.1. The number of aromatic hydroxyl groups is 1. The zero-order valence-electron chi connectivity index (χ0n) is 10.9. The first-order chi connectivity index (χ1) is 8.53. The van der Waals surface area contributed by atoms with Crippen LogP contribution in [0, 0.1) is 0 Å². The summed E-state index contributed by atoms with van der Waals surface area (Å²) in [5.41, 5.74) is 0.664. The van der Waals surface area contributed by atoms with Crippen molar-refractivity contribution in [1.82, 2.24) is 4.31 Å². The number of hydrogen-bond acceptors (Lipinski definition) is 5. The van der Waals surface area contributed by atoms with Crippen LogP contribution in [0.2, 0.25) is 0 Å². The van der Waals surface area contributed by atoms with Crippen LogP contribution in [-0.4, -0.2) is 44.6 Å². The lowest BCUT2D eigenvalue weighted by atomic mass is 10.1. The van der Waals surface area contributed by atoms with Crippen molar-refractivity contribution in [3.05, 3.63) is 29.8 Å². The summed E-state index contributed by atoms with van der Waals surface area (Å²) in [6, 6.07) is 5.55. The minimum atomic E-state index is -3.89. The lowest BCUT2D eigenvalue weighted by Crippen LogP contribution is -2.34. The monoisotopic (exact) mass is 307 g/mol. The van der Waals surface area contributed by atoms with Crippen LogP contribution < -0.4 is 0 Å². The van der Waals surface area contributed by atoms with E-state index in [-0.39, 0.29) is 5.75 Å². The smallest absolute Gasteiger partial charge is 0.228 e. The highest BCUT2D eigenvalue weighted by Gasteiger charge is 2.27. The largest absolute Gasteiger partial charge is 0.508 e. The summed E-state index contributed by atoms with van der Waals surface area (Å²) in [7, 11) is -6.18. The second-order valence-electron chi connectivity index (χ2n) is 4.44. The van der Waals surface area contributed by atoms with Crippen LogP contribution in [0.15, 0.2) is 24.3 Å². The number of phenols is 1. The number of sulfone groups is 1. The molecule has 0 amide bonds. The van der Waals surface area contributed by atoms with E-state index in [0.717, 1.165) is 10.6 Å². The third-order valence-electron chi connectivity index (χ3n) is 2.72. The number of hydrogen-bond donors (Lipinski definition) is 1. The van der Waals surface area contributed by atoms with Gasteiger partial charge in [-0.2, -0.15) is 4.31 Å². The van der Waals surface area contributed by atoms with Crippen LogP contribution in [0.4, 0.5) is 0 Å². The molecule has 0 aromatic heterocycles. The highest BCUT2D eigenvalue weighted by atomic mass is 32.3. The zero-order chi connectivity index (χ0) is 14.8. The number of nitrogens with zero attached hydrogens (tertiary/aromatic N) is 1. The van der Waals surface area contributed by atoms with Gasteiger partial charge in [0.1, 0.15) is 5.75 Å². The van der Waals surface area contributed by atoms with Crippen LogP contribution in [0.3, 0.4) is 0 Å². The summed E-state index contributed by atoms with van der Waals surface area (Å²) in [4.78, 5) is 0. The average molecular weight is 307 g/mol. The predicted octanol–water partition coefficient (Wildman–Crippen LogP) is 0.717. The van der Waals surface area contributed by atoms with Gasteiger partial charge in [-0.15, -0.1) is 0 Å². The van der Waals surface area contributed by atoms with Crippen molar-refractivity contribution in [1.29, 1.82) is 0 Å². The molecule has 0 radical (unpaired) electrons. The van der Waals surface area contributed by atoms with Crippen molar-refractivity contribution >= 4 is 19.9 Å². The Morgan fingerprint density at radius 2 is 1.63 bits per heavy atom. The highest BCUT2D eigenvalue weighted by molar-refractivity contribution is 8.06. The Bertz CT molecular complexity index is 634. The molecular weight excluding hydrogens is 290 g/mol. The Hall–Kier alpha value is -1.12. The van der Waals surface area contributed by atoms with Gasteiger partial charge in [0.15, 0.2) is 14.9 Å². The van der Waals surface area contributed by atoms with Gasteiger partial charge in [-0.05, 0) is 24.6 Å². The van der Waals surface area contributed by atoms with E-state index in [1.165, 1.54) is 19.2 Å². The predicted molar refractivity (Wildman–Crippen MR) is 72.9 cm³/mol. The second kappa shape index (κ2) is 5.48. The SMILES string of the molecule is CC(c1ccc(O)cc1)N(C)S(=O)(=O)CS(C)(=O)=O. The van der Waals surface area contributed by atoms with Crippen LogP contribution >= 0.6 is 0 Å². The van der Waals surface area contributed by atoms with Gasteiger partial charge in [0.25, 0.3) is 0 Å². The normalized spacial score (nSPS) is 14.5. The van der Waals surface area contributed by atoms with Crippen molar-refractivity contribution in [2.24, 2.45) is 0 Å². The second-order valence-corrected chi connectivity index (χ2v) is 8.97. The molecule has 108 valence electrons. The molecule has 0 aliphatic rings. The van der Waals surface area contributed by atoms with Gasteiger partial charge in [0, 0.05) is 19.3 Å². The van der Waals surface area contributed by atoms with E-state index in [4.69, 9.17) is 0 Å². The van der Waals surface area contributed by atoms with Gasteiger partial charge in [-0.1, -0.05) is 12.1 Å². The molecule has 0 aliphatic carbocycles. The number of benzene rings is 1. The maximum Gasteiger partial charge on any atom is 0.228 e. The Morgan fingerprint density at radius 1 is 1.16 bits per heavy atom. The number of phenolic OH excluding ortho intramolecular Hbond substituents is 1. The lowest BCUT2D eigenvalue weighted by molar-refractivity contribution is 0.400. The molecule has 0 saturated heterocycles. The molecule has 1 unspecified atom stereocenters. The zero-order valence-corrected chi connectivity index (χ0v) is 12.6. The van der Waals surface area contributed by atoms with Crippen molar-refractivity contribution in [2.45, 2.75) is 13.0 Å². The maximum absolute atomic E-state index is 11.9. The molecule has 1 atom stereocenters. The molecule has 0 aliphatic heterocycles. The van der Waals surface area contributed by atoms with E-state index >= 15 is 0 Å². The fraction of sp³-hybridized carbons (Fsp3) is 0.455. The lowest BCUT2D eigenvalue weighted by Gasteiger charge is -2.24. The first-order valence-corrected chi connectivity index (χ1v) is 9.12. The van der Waals surface area contributed by atoms with E-state index in [1.807, 2.05) is 0 Å². The van der Waals surface area contributed by atoms with Crippen LogP contribution in [0.1, 0.15) is 18.5 Å². The molecule has 1 rings (SSSR count). The van der Waals surface area contributed by atoms with E-state index < -0.39 is 31.0 Å². The molecule has 6 nitrogen and oxygen atoms in total. The van der Waals surface area contributed by atoms with Crippen molar-refractivity contribution in [2.75, 3.05) is 18.4 Å². The molecule has 0 heterocycles. The first-order valence-electron chi connectivity index (χ1n) is 5.45. The molecule has 19 heavy (non-hydrogen) atoms. The van der Waals surface area contributed by atoms with Gasteiger partial charge in [-0.25, -0.2) is 16.8 Å². The van der Waals surface area contributed by atoms with E-state index in [1.54, 1.807) is 19.1 Å². The Morgan fingerprint density at radius 3 is 2.05 bits per heavy atom. The summed E-state index contributed by atoms with van der Waals surface area (Å²) in [6.07, 6.45) is 0.879. The van der Waals surface area contributed by atoms with Crippen molar-refractivity contribution < 1.29 is 21.9 Å². The van der Waals surface area contributed by atoms with Gasteiger partial charge < -0.3 is 5.11 Å². The van der Waals surface area contributed by atoms with Crippen LogP contribution in [0.5, 0.6) is 5.75 Å². The molecule has 1 N–H and O–H groups in total.